The number of nitrogens with one attached hydrogen (secondary N) is 1. The Bertz CT molecular complexity index is 399. The van der Waals surface area contributed by atoms with Crippen LogP contribution in [0.3, 0.4) is 0 Å². The van der Waals surface area contributed by atoms with Gasteiger partial charge in [0.15, 0.2) is 5.25 Å². The van der Waals surface area contributed by atoms with E-state index in [-0.39, 0.29) is 6.04 Å². The van der Waals surface area contributed by atoms with Crippen LogP contribution in [0.2, 0.25) is 0 Å². The highest BCUT2D eigenvalue weighted by Crippen LogP contribution is 2.44. The Kier molecular flexibility index (Phi) is 3.22. The van der Waals surface area contributed by atoms with Crippen molar-refractivity contribution >= 4 is 10.0 Å². The summed E-state index contributed by atoms with van der Waals surface area (Å²) in [7, 11) is -3.44. The number of rotatable bonds is 4. The van der Waals surface area contributed by atoms with Gasteiger partial charge in [0.05, 0.1) is 6.07 Å². The first-order chi connectivity index (χ1) is 7.56. The van der Waals surface area contributed by atoms with Gasteiger partial charge in [-0.15, -0.1) is 0 Å². The van der Waals surface area contributed by atoms with Crippen molar-refractivity contribution in [2.45, 2.75) is 50.3 Å². The molecule has 0 saturated heterocycles. The molecule has 0 amide bonds. The summed E-state index contributed by atoms with van der Waals surface area (Å²) >= 11 is 0. The summed E-state index contributed by atoms with van der Waals surface area (Å²) in [5, 5.41) is 7.90. The van der Waals surface area contributed by atoms with E-state index in [4.69, 9.17) is 5.26 Å². The first-order valence-electron chi connectivity index (χ1n) is 5.97. The van der Waals surface area contributed by atoms with Crippen molar-refractivity contribution in [3.8, 4) is 6.07 Å². The van der Waals surface area contributed by atoms with Gasteiger partial charge < -0.3 is 0 Å². The Morgan fingerprint density at radius 2 is 2.19 bits per heavy atom. The Morgan fingerprint density at radius 3 is 2.62 bits per heavy atom. The van der Waals surface area contributed by atoms with Crippen LogP contribution in [0.15, 0.2) is 0 Å². The first kappa shape index (κ1) is 11.9. The van der Waals surface area contributed by atoms with Crippen LogP contribution in [-0.2, 0) is 10.0 Å². The van der Waals surface area contributed by atoms with Crippen molar-refractivity contribution in [2.75, 3.05) is 0 Å². The van der Waals surface area contributed by atoms with Crippen LogP contribution in [0.4, 0.5) is 0 Å². The lowest BCUT2D eigenvalue weighted by atomic mass is 9.96. The Balaban J connectivity index is 2.02. The lowest BCUT2D eigenvalue weighted by molar-refractivity contribution is 0.389. The quantitative estimate of drug-likeness (QED) is 0.810. The fourth-order valence-electron chi connectivity index (χ4n) is 3.06. The Hall–Kier alpha value is -0.600. The van der Waals surface area contributed by atoms with Gasteiger partial charge in [-0.3, -0.25) is 0 Å². The van der Waals surface area contributed by atoms with Crippen LogP contribution in [0.5, 0.6) is 0 Å². The minimum atomic E-state index is -3.44. The maximum absolute atomic E-state index is 11.9. The van der Waals surface area contributed by atoms with E-state index in [0.29, 0.717) is 18.3 Å². The molecule has 0 aromatic heterocycles. The topological polar surface area (TPSA) is 70.0 Å². The Morgan fingerprint density at radius 1 is 1.44 bits per heavy atom. The van der Waals surface area contributed by atoms with Crippen molar-refractivity contribution in [2.24, 2.45) is 11.8 Å². The standard InChI is InChI=1S/C11H18N2O2S/c1-2-10(7-12)16(14,15)13-11-6-8-3-4-9(11)5-8/h8-11,13H,2-6H2,1H3. The number of fused-ring (bicyclic) bond motifs is 2. The van der Waals surface area contributed by atoms with Crippen LogP contribution < -0.4 is 4.72 Å². The third-order valence-electron chi connectivity index (χ3n) is 3.94. The second kappa shape index (κ2) is 4.34. The van der Waals surface area contributed by atoms with Gasteiger partial charge in [0, 0.05) is 6.04 Å². The molecule has 90 valence electrons. The number of nitrogens with zero attached hydrogens (tertiary/aromatic N) is 1. The molecule has 0 aliphatic heterocycles. The molecule has 2 bridgehead atoms. The van der Waals surface area contributed by atoms with Gasteiger partial charge in [0.2, 0.25) is 10.0 Å². The summed E-state index contributed by atoms with van der Waals surface area (Å²) in [6.07, 6.45) is 4.87. The molecule has 16 heavy (non-hydrogen) atoms. The zero-order valence-corrected chi connectivity index (χ0v) is 10.3. The lowest BCUT2D eigenvalue weighted by Gasteiger charge is -2.23. The summed E-state index contributed by atoms with van der Waals surface area (Å²) in [6, 6.07) is 1.95. The smallest absolute Gasteiger partial charge is 0.211 e. The van der Waals surface area contributed by atoms with E-state index in [0.717, 1.165) is 19.3 Å². The van der Waals surface area contributed by atoms with Gasteiger partial charge in [0.25, 0.3) is 0 Å². The second-order valence-electron chi connectivity index (χ2n) is 4.97. The maximum atomic E-state index is 11.9. The van der Waals surface area contributed by atoms with Crippen molar-refractivity contribution in [1.29, 1.82) is 5.26 Å². The molecule has 4 unspecified atom stereocenters. The van der Waals surface area contributed by atoms with Gasteiger partial charge >= 0.3 is 0 Å². The van der Waals surface area contributed by atoms with Crippen LogP contribution in [0, 0.1) is 23.2 Å². The SMILES string of the molecule is CCC(C#N)S(=O)(=O)NC1CC2CCC1C2. The van der Waals surface area contributed by atoms with Crippen LogP contribution in [0.25, 0.3) is 0 Å². The molecular weight excluding hydrogens is 224 g/mol. The van der Waals surface area contributed by atoms with Crippen molar-refractivity contribution in [3.05, 3.63) is 0 Å². The summed E-state index contributed by atoms with van der Waals surface area (Å²) in [6.45, 7) is 1.73. The molecule has 0 radical (unpaired) electrons. The third-order valence-corrected chi connectivity index (χ3v) is 5.76. The van der Waals surface area contributed by atoms with Crippen molar-refractivity contribution < 1.29 is 8.42 Å². The Labute approximate surface area is 97.1 Å². The highest BCUT2D eigenvalue weighted by atomic mass is 32.2. The zero-order chi connectivity index (χ0) is 11.8. The molecule has 0 aromatic carbocycles. The van der Waals surface area contributed by atoms with Crippen molar-refractivity contribution in [3.63, 3.8) is 0 Å². The number of hydrogen-bond donors (Lipinski definition) is 1. The lowest BCUT2D eigenvalue weighted by Crippen LogP contribution is -2.42. The van der Waals surface area contributed by atoms with Crippen LogP contribution >= 0.6 is 0 Å². The second-order valence-corrected chi connectivity index (χ2v) is 6.86. The molecule has 0 aromatic rings. The number of hydrogen-bond acceptors (Lipinski definition) is 3. The zero-order valence-electron chi connectivity index (χ0n) is 9.52. The minimum Gasteiger partial charge on any atom is -0.211 e. The predicted molar refractivity (Wildman–Crippen MR) is 61.0 cm³/mol. The van der Waals surface area contributed by atoms with E-state index in [2.05, 4.69) is 4.72 Å². The van der Waals surface area contributed by atoms with E-state index >= 15 is 0 Å². The third kappa shape index (κ3) is 2.09. The molecule has 0 spiro atoms. The normalized spacial score (nSPS) is 34.9. The summed E-state index contributed by atoms with van der Waals surface area (Å²) in [4.78, 5) is 0. The average molecular weight is 242 g/mol. The fourth-order valence-corrected chi connectivity index (χ4v) is 4.51. The molecule has 1 N–H and O–H groups in total. The van der Waals surface area contributed by atoms with E-state index < -0.39 is 15.3 Å². The fraction of sp³-hybridized carbons (Fsp3) is 0.909. The maximum Gasteiger partial charge on any atom is 0.228 e. The van der Waals surface area contributed by atoms with E-state index in [9.17, 15) is 8.42 Å². The number of sulfonamides is 1. The number of nitriles is 1. The van der Waals surface area contributed by atoms with Crippen molar-refractivity contribution in [1.82, 2.24) is 4.72 Å². The molecule has 2 rings (SSSR count). The van der Waals surface area contributed by atoms with Crippen LogP contribution in [0.1, 0.15) is 39.0 Å². The van der Waals surface area contributed by atoms with Gasteiger partial charge in [-0.05, 0) is 37.5 Å². The average Bonchev–Trinajstić information content (AvgIpc) is 2.79. The molecule has 5 heteroatoms. The monoisotopic (exact) mass is 242 g/mol. The molecular formula is C11H18N2O2S. The molecule has 0 heterocycles. The predicted octanol–water partition coefficient (Wildman–Crippen LogP) is 1.40. The highest BCUT2D eigenvalue weighted by molar-refractivity contribution is 7.90. The molecule has 2 fully saturated rings. The highest BCUT2D eigenvalue weighted by Gasteiger charge is 2.42. The molecule has 2 aliphatic rings. The first-order valence-corrected chi connectivity index (χ1v) is 7.52. The molecule has 2 aliphatic carbocycles. The molecule has 4 atom stereocenters. The van der Waals surface area contributed by atoms with E-state index in [1.165, 1.54) is 6.42 Å². The van der Waals surface area contributed by atoms with Gasteiger partial charge in [-0.2, -0.15) is 5.26 Å². The molecule has 2 saturated carbocycles. The van der Waals surface area contributed by atoms with Gasteiger partial charge in [-0.25, -0.2) is 13.1 Å². The summed E-state index contributed by atoms with van der Waals surface area (Å²) in [5.74, 6) is 1.22. The van der Waals surface area contributed by atoms with Gasteiger partial charge in [0.1, 0.15) is 0 Å². The summed E-state index contributed by atoms with van der Waals surface area (Å²) in [5.41, 5.74) is 0. The van der Waals surface area contributed by atoms with E-state index in [1.54, 1.807) is 6.92 Å². The molecule has 4 nitrogen and oxygen atoms in total. The van der Waals surface area contributed by atoms with Gasteiger partial charge in [-0.1, -0.05) is 13.3 Å². The summed E-state index contributed by atoms with van der Waals surface area (Å²) < 4.78 is 26.5. The largest absolute Gasteiger partial charge is 0.228 e. The van der Waals surface area contributed by atoms with E-state index in [1.807, 2.05) is 6.07 Å². The minimum absolute atomic E-state index is 0.0890. The van der Waals surface area contributed by atoms with Crippen LogP contribution in [-0.4, -0.2) is 19.7 Å².